The van der Waals surface area contributed by atoms with Crippen molar-refractivity contribution in [1.29, 1.82) is 0 Å². The average molecular weight is 357 g/mol. The van der Waals surface area contributed by atoms with Crippen molar-refractivity contribution >= 4 is 23.2 Å². The molecule has 0 aliphatic heterocycles. The number of nitrogens with one attached hydrogen (secondary N) is 1. The third-order valence-corrected chi connectivity index (χ3v) is 4.01. The summed E-state index contributed by atoms with van der Waals surface area (Å²) in [6.45, 7) is 0.478. The van der Waals surface area contributed by atoms with E-state index in [0.29, 0.717) is 28.6 Å². The van der Waals surface area contributed by atoms with Gasteiger partial charge < -0.3 is 20.2 Å². The molecule has 5 nitrogen and oxygen atoms in total. The normalized spacial score (nSPS) is 10.5. The molecule has 0 radical (unpaired) electrons. The molecule has 0 fully saturated rings. The van der Waals surface area contributed by atoms with Gasteiger partial charge in [-0.2, -0.15) is 0 Å². The van der Waals surface area contributed by atoms with Crippen LogP contribution in [0.15, 0.2) is 59.0 Å². The molecule has 0 unspecified atom stereocenters. The van der Waals surface area contributed by atoms with E-state index in [4.69, 9.17) is 26.5 Å². The minimum Gasteiger partial charge on any atom is -0.495 e. The monoisotopic (exact) mass is 356 g/mol. The van der Waals surface area contributed by atoms with Crippen molar-refractivity contribution in [3.63, 3.8) is 0 Å². The van der Waals surface area contributed by atoms with Gasteiger partial charge in [0.15, 0.2) is 0 Å². The van der Waals surface area contributed by atoms with E-state index in [-0.39, 0.29) is 0 Å². The molecule has 128 valence electrons. The highest BCUT2D eigenvalue weighted by molar-refractivity contribution is 6.32. The molecule has 1 amide bonds. The van der Waals surface area contributed by atoms with Crippen molar-refractivity contribution in [3.05, 3.63) is 70.9 Å². The van der Waals surface area contributed by atoms with Crippen molar-refractivity contribution in [2.75, 3.05) is 12.4 Å². The summed E-state index contributed by atoms with van der Waals surface area (Å²) >= 11 is 6.15. The van der Waals surface area contributed by atoms with Gasteiger partial charge in [0.05, 0.1) is 18.7 Å². The molecule has 0 aliphatic rings. The van der Waals surface area contributed by atoms with Gasteiger partial charge in [-0.05, 0) is 48.5 Å². The topological polar surface area (TPSA) is 77.5 Å². The van der Waals surface area contributed by atoms with Gasteiger partial charge in [-0.15, -0.1) is 0 Å². The highest BCUT2D eigenvalue weighted by atomic mass is 35.5. The van der Waals surface area contributed by atoms with Gasteiger partial charge in [-0.3, -0.25) is 4.79 Å². The molecular weight excluding hydrogens is 340 g/mol. The van der Waals surface area contributed by atoms with Crippen LogP contribution in [0.5, 0.6) is 5.75 Å². The molecule has 0 spiro atoms. The molecule has 3 N–H and O–H groups in total. The lowest BCUT2D eigenvalue weighted by atomic mass is 10.1. The number of furan rings is 1. The summed E-state index contributed by atoms with van der Waals surface area (Å²) in [5, 5.41) is 3.73. The molecule has 6 heteroatoms. The first-order valence-corrected chi connectivity index (χ1v) is 8.01. The number of ether oxygens (including phenoxy) is 1. The Labute approximate surface area is 150 Å². The Kier molecular flexibility index (Phi) is 4.95. The first-order chi connectivity index (χ1) is 12.1. The van der Waals surface area contributed by atoms with Crippen LogP contribution in [-0.4, -0.2) is 13.0 Å². The highest BCUT2D eigenvalue weighted by Crippen LogP contribution is 2.31. The molecule has 2 aromatic carbocycles. The third kappa shape index (κ3) is 3.95. The van der Waals surface area contributed by atoms with Crippen LogP contribution in [0.3, 0.4) is 0 Å². The standard InChI is InChI=1S/C19H17ClN2O3/c1-24-18-7-5-12(10-16(18)20)17-8-6-15(25-17)11-22-14-4-2-3-13(9-14)19(21)23/h2-10,22H,11H2,1H3,(H2,21,23). The lowest BCUT2D eigenvalue weighted by molar-refractivity contribution is 0.100. The molecule has 1 heterocycles. The number of carbonyl (C=O) groups is 1. The maximum atomic E-state index is 11.2. The van der Waals surface area contributed by atoms with Crippen molar-refractivity contribution in [2.24, 2.45) is 5.73 Å². The average Bonchev–Trinajstić information content (AvgIpc) is 3.09. The smallest absolute Gasteiger partial charge is 0.248 e. The van der Waals surface area contributed by atoms with Gasteiger partial charge in [0.25, 0.3) is 0 Å². The molecule has 0 saturated heterocycles. The minimum absolute atomic E-state index is 0.456. The number of primary amides is 1. The zero-order chi connectivity index (χ0) is 17.8. The van der Waals surface area contributed by atoms with E-state index in [2.05, 4.69) is 5.32 Å². The zero-order valence-electron chi connectivity index (χ0n) is 13.6. The summed E-state index contributed by atoms with van der Waals surface area (Å²) in [5.74, 6) is 1.63. The Morgan fingerprint density at radius 2 is 2.04 bits per heavy atom. The minimum atomic E-state index is -0.458. The van der Waals surface area contributed by atoms with Gasteiger partial charge >= 0.3 is 0 Å². The van der Waals surface area contributed by atoms with Gasteiger partial charge in [0.1, 0.15) is 17.3 Å². The van der Waals surface area contributed by atoms with Gasteiger partial charge in [-0.25, -0.2) is 0 Å². The third-order valence-electron chi connectivity index (χ3n) is 3.71. The summed E-state index contributed by atoms with van der Waals surface area (Å²) in [7, 11) is 1.57. The number of anilines is 1. The summed E-state index contributed by atoms with van der Waals surface area (Å²) in [6, 6.07) is 16.3. The number of carbonyl (C=O) groups excluding carboxylic acids is 1. The van der Waals surface area contributed by atoms with Crippen molar-refractivity contribution in [1.82, 2.24) is 0 Å². The van der Waals surface area contributed by atoms with E-state index in [9.17, 15) is 4.79 Å². The zero-order valence-corrected chi connectivity index (χ0v) is 14.3. The maximum absolute atomic E-state index is 11.2. The molecule has 25 heavy (non-hydrogen) atoms. The Morgan fingerprint density at radius 1 is 1.20 bits per heavy atom. The SMILES string of the molecule is COc1ccc(-c2ccc(CNc3cccc(C(N)=O)c3)o2)cc1Cl. The second-order valence-corrected chi connectivity index (χ2v) is 5.82. The van der Waals surface area contributed by atoms with Crippen LogP contribution in [0.1, 0.15) is 16.1 Å². The van der Waals surface area contributed by atoms with Crippen LogP contribution in [0.2, 0.25) is 5.02 Å². The Morgan fingerprint density at radius 3 is 2.76 bits per heavy atom. The molecular formula is C19H17ClN2O3. The van der Waals surface area contributed by atoms with E-state index < -0.39 is 5.91 Å². The van der Waals surface area contributed by atoms with Crippen molar-refractivity contribution in [2.45, 2.75) is 6.54 Å². The molecule has 3 rings (SSSR count). The first kappa shape index (κ1) is 16.9. The Balaban J connectivity index is 1.71. The summed E-state index contributed by atoms with van der Waals surface area (Å²) in [5.41, 5.74) is 7.40. The van der Waals surface area contributed by atoms with Crippen LogP contribution in [0.25, 0.3) is 11.3 Å². The lowest BCUT2D eigenvalue weighted by Crippen LogP contribution is -2.11. The number of rotatable bonds is 6. The second kappa shape index (κ2) is 7.32. The van der Waals surface area contributed by atoms with Crippen LogP contribution in [0, 0.1) is 0 Å². The van der Waals surface area contributed by atoms with Crippen LogP contribution >= 0.6 is 11.6 Å². The number of halogens is 1. The molecule has 0 saturated carbocycles. The summed E-state index contributed by atoms with van der Waals surface area (Å²) in [6.07, 6.45) is 0. The summed E-state index contributed by atoms with van der Waals surface area (Å²) in [4.78, 5) is 11.2. The highest BCUT2D eigenvalue weighted by Gasteiger charge is 2.08. The molecule has 1 aromatic heterocycles. The summed E-state index contributed by atoms with van der Waals surface area (Å²) < 4.78 is 11.0. The van der Waals surface area contributed by atoms with Crippen LogP contribution in [-0.2, 0) is 6.54 Å². The molecule has 0 aliphatic carbocycles. The molecule has 0 bridgehead atoms. The van der Waals surface area contributed by atoms with E-state index in [1.54, 1.807) is 37.4 Å². The number of benzene rings is 2. The fraction of sp³-hybridized carbons (Fsp3) is 0.105. The molecule has 0 atom stereocenters. The maximum Gasteiger partial charge on any atom is 0.248 e. The Bertz CT molecular complexity index is 905. The number of hydrogen-bond acceptors (Lipinski definition) is 4. The number of hydrogen-bond donors (Lipinski definition) is 2. The van der Waals surface area contributed by atoms with Crippen molar-refractivity contribution < 1.29 is 13.9 Å². The van der Waals surface area contributed by atoms with E-state index in [0.717, 1.165) is 17.0 Å². The van der Waals surface area contributed by atoms with Crippen LogP contribution in [0.4, 0.5) is 5.69 Å². The largest absolute Gasteiger partial charge is 0.495 e. The predicted molar refractivity (Wildman–Crippen MR) is 98.0 cm³/mol. The van der Waals surface area contributed by atoms with Gasteiger partial charge in [-0.1, -0.05) is 17.7 Å². The lowest BCUT2D eigenvalue weighted by Gasteiger charge is -2.06. The Hall–Kier alpha value is -2.92. The predicted octanol–water partition coefficient (Wildman–Crippen LogP) is 4.32. The van der Waals surface area contributed by atoms with E-state index >= 15 is 0 Å². The van der Waals surface area contributed by atoms with Gasteiger partial charge in [0, 0.05) is 16.8 Å². The fourth-order valence-electron chi connectivity index (χ4n) is 2.42. The van der Waals surface area contributed by atoms with Crippen LogP contribution < -0.4 is 15.8 Å². The van der Waals surface area contributed by atoms with Gasteiger partial charge in [0.2, 0.25) is 5.91 Å². The second-order valence-electron chi connectivity index (χ2n) is 5.41. The molecule has 3 aromatic rings. The fourth-order valence-corrected chi connectivity index (χ4v) is 2.68. The quantitative estimate of drug-likeness (QED) is 0.689. The van der Waals surface area contributed by atoms with E-state index in [1.807, 2.05) is 24.3 Å². The first-order valence-electron chi connectivity index (χ1n) is 7.63. The van der Waals surface area contributed by atoms with E-state index in [1.165, 1.54) is 0 Å². The number of nitrogens with two attached hydrogens (primary N) is 1. The van der Waals surface area contributed by atoms with Crippen molar-refractivity contribution in [3.8, 4) is 17.1 Å². The number of amides is 1. The number of methoxy groups -OCH3 is 1.